The first-order valence-corrected chi connectivity index (χ1v) is 9.04. The van der Waals surface area contributed by atoms with E-state index in [4.69, 9.17) is 4.74 Å². The van der Waals surface area contributed by atoms with Crippen LogP contribution in [0.15, 0.2) is 45.3 Å². The smallest absolute Gasteiger partial charge is 0.133 e. The lowest BCUT2D eigenvalue weighted by molar-refractivity contribution is 0.315. The van der Waals surface area contributed by atoms with Crippen LogP contribution in [-0.4, -0.2) is 6.61 Å². The highest BCUT2D eigenvalue weighted by molar-refractivity contribution is 9.11. The van der Waals surface area contributed by atoms with Crippen LogP contribution in [0.3, 0.4) is 0 Å². The number of hydrogen-bond donors (Lipinski definition) is 0. The van der Waals surface area contributed by atoms with Crippen molar-refractivity contribution in [3.05, 3.63) is 62.3 Å². The average molecular weight is 481 g/mol. The van der Waals surface area contributed by atoms with E-state index in [9.17, 15) is 4.39 Å². The molecule has 0 aliphatic carbocycles. The first-order chi connectivity index (χ1) is 10.0. The lowest BCUT2D eigenvalue weighted by atomic mass is 10.0. The second kappa shape index (κ2) is 7.75. The highest BCUT2D eigenvalue weighted by Gasteiger charge is 2.16. The van der Waals surface area contributed by atoms with Crippen LogP contribution in [0.1, 0.15) is 29.3 Å². The van der Waals surface area contributed by atoms with Gasteiger partial charge in [0.2, 0.25) is 0 Å². The molecule has 1 nitrogen and oxygen atoms in total. The van der Waals surface area contributed by atoms with E-state index in [1.54, 1.807) is 6.07 Å². The van der Waals surface area contributed by atoms with Gasteiger partial charge < -0.3 is 4.74 Å². The number of alkyl halides is 1. The van der Waals surface area contributed by atoms with Crippen molar-refractivity contribution in [1.82, 2.24) is 0 Å². The van der Waals surface area contributed by atoms with Crippen molar-refractivity contribution in [3.63, 3.8) is 0 Å². The van der Waals surface area contributed by atoms with Gasteiger partial charge in [-0.25, -0.2) is 4.39 Å². The summed E-state index contributed by atoms with van der Waals surface area (Å²) in [5.41, 5.74) is 1.57. The molecule has 0 amide bonds. The van der Waals surface area contributed by atoms with E-state index in [1.807, 2.05) is 24.3 Å². The minimum atomic E-state index is -0.242. The Morgan fingerprint density at radius 2 is 1.90 bits per heavy atom. The maximum Gasteiger partial charge on any atom is 0.133 e. The van der Waals surface area contributed by atoms with Crippen LogP contribution in [0.2, 0.25) is 0 Å². The molecule has 1 unspecified atom stereocenters. The van der Waals surface area contributed by atoms with Crippen molar-refractivity contribution in [3.8, 4) is 5.75 Å². The number of halogens is 4. The predicted octanol–water partition coefficient (Wildman–Crippen LogP) is 6.62. The lowest BCUT2D eigenvalue weighted by Crippen LogP contribution is -1.99. The number of rotatable bonds is 5. The van der Waals surface area contributed by atoms with Gasteiger partial charge >= 0.3 is 0 Å². The van der Waals surface area contributed by atoms with Crippen LogP contribution in [-0.2, 0) is 0 Å². The van der Waals surface area contributed by atoms with Gasteiger partial charge in [-0.3, -0.25) is 0 Å². The molecule has 0 N–H and O–H groups in total. The summed E-state index contributed by atoms with van der Waals surface area (Å²) in [6.07, 6.45) is 0.958. The highest BCUT2D eigenvalue weighted by Crippen LogP contribution is 2.37. The summed E-state index contributed by atoms with van der Waals surface area (Å²) in [5.74, 6) is 0.560. The van der Waals surface area contributed by atoms with E-state index in [0.717, 1.165) is 26.7 Å². The Labute approximate surface area is 149 Å². The Balaban J connectivity index is 2.27. The zero-order valence-corrected chi connectivity index (χ0v) is 16.1. The molecule has 0 bridgehead atoms. The number of ether oxygens (including phenoxy) is 1. The van der Waals surface area contributed by atoms with Crippen molar-refractivity contribution in [2.45, 2.75) is 18.2 Å². The molecule has 2 aromatic rings. The summed E-state index contributed by atoms with van der Waals surface area (Å²) in [6.45, 7) is 2.74. The third kappa shape index (κ3) is 4.30. The molecule has 112 valence electrons. The molecule has 2 rings (SSSR count). The molecule has 2 aromatic carbocycles. The molecule has 0 aromatic heterocycles. The summed E-state index contributed by atoms with van der Waals surface area (Å²) in [7, 11) is 0. The van der Waals surface area contributed by atoms with Crippen molar-refractivity contribution in [2.24, 2.45) is 0 Å². The van der Waals surface area contributed by atoms with Crippen LogP contribution < -0.4 is 4.74 Å². The number of hydrogen-bond acceptors (Lipinski definition) is 1. The Kier molecular flexibility index (Phi) is 6.26. The van der Waals surface area contributed by atoms with Crippen molar-refractivity contribution < 1.29 is 9.13 Å². The molecule has 0 fully saturated rings. The van der Waals surface area contributed by atoms with Gasteiger partial charge in [-0.05, 0) is 52.2 Å². The minimum Gasteiger partial charge on any atom is -0.492 e. The van der Waals surface area contributed by atoms with Crippen molar-refractivity contribution >= 4 is 47.8 Å². The molecular weight excluding hydrogens is 467 g/mol. The Hall–Kier alpha value is -0.390. The van der Waals surface area contributed by atoms with Crippen LogP contribution in [0.4, 0.5) is 4.39 Å². The lowest BCUT2D eigenvalue weighted by Gasteiger charge is -2.14. The van der Waals surface area contributed by atoms with Gasteiger partial charge in [0, 0.05) is 10.0 Å². The van der Waals surface area contributed by atoms with Gasteiger partial charge in [0.05, 0.1) is 15.9 Å². The summed E-state index contributed by atoms with van der Waals surface area (Å²) < 4.78 is 21.3. The third-order valence-corrected chi connectivity index (χ3v) is 5.08. The van der Waals surface area contributed by atoms with Gasteiger partial charge in [0.25, 0.3) is 0 Å². The van der Waals surface area contributed by atoms with Crippen molar-refractivity contribution in [1.29, 1.82) is 0 Å². The largest absolute Gasteiger partial charge is 0.492 e. The third-order valence-electron chi connectivity index (χ3n) is 2.95. The van der Waals surface area contributed by atoms with E-state index in [1.165, 1.54) is 6.07 Å². The minimum absolute atomic E-state index is 0.206. The first-order valence-electron chi connectivity index (χ1n) is 6.54. The molecule has 0 saturated carbocycles. The fourth-order valence-electron chi connectivity index (χ4n) is 1.89. The average Bonchev–Trinajstić information content (AvgIpc) is 2.45. The van der Waals surface area contributed by atoms with Crippen LogP contribution in [0.25, 0.3) is 0 Å². The van der Waals surface area contributed by atoms with Crippen LogP contribution in [0.5, 0.6) is 5.75 Å². The maximum absolute atomic E-state index is 14.0. The van der Waals surface area contributed by atoms with Gasteiger partial charge in [0.1, 0.15) is 11.6 Å². The fourth-order valence-corrected chi connectivity index (χ4v) is 3.39. The molecule has 0 spiro atoms. The number of benzene rings is 2. The Bertz CT molecular complexity index is 631. The SMILES string of the molecule is CCCOc1ccc(C(Br)c2ccc(Br)cc2F)cc1Br. The molecule has 0 aliphatic rings. The molecule has 0 radical (unpaired) electrons. The zero-order chi connectivity index (χ0) is 15.4. The normalized spacial score (nSPS) is 12.2. The second-order valence-corrected chi connectivity index (χ2v) is 7.25. The highest BCUT2D eigenvalue weighted by atomic mass is 79.9. The van der Waals surface area contributed by atoms with Crippen LogP contribution in [0, 0.1) is 5.82 Å². The first kappa shape index (κ1) is 17.0. The van der Waals surface area contributed by atoms with Gasteiger partial charge in [-0.2, -0.15) is 0 Å². The molecule has 1 atom stereocenters. The predicted molar refractivity (Wildman–Crippen MR) is 94.8 cm³/mol. The Morgan fingerprint density at radius 1 is 1.14 bits per heavy atom. The van der Waals surface area contributed by atoms with Gasteiger partial charge in [-0.1, -0.05) is 50.9 Å². The zero-order valence-electron chi connectivity index (χ0n) is 11.4. The van der Waals surface area contributed by atoms with Crippen LogP contribution >= 0.6 is 47.8 Å². The monoisotopic (exact) mass is 478 g/mol. The molecule has 5 heteroatoms. The second-order valence-electron chi connectivity index (χ2n) is 4.57. The summed E-state index contributed by atoms with van der Waals surface area (Å²) >= 11 is 10.3. The molecular formula is C16H14Br3FO. The standard InChI is InChI=1S/C16H14Br3FO/c1-2-7-21-15-6-3-10(8-13(15)18)16(19)12-5-4-11(17)9-14(12)20/h3-6,8-9,16H,2,7H2,1H3. The van der Waals surface area contributed by atoms with E-state index < -0.39 is 0 Å². The summed E-state index contributed by atoms with van der Waals surface area (Å²) in [4.78, 5) is -0.206. The van der Waals surface area contributed by atoms with E-state index >= 15 is 0 Å². The molecule has 0 heterocycles. The molecule has 0 saturated heterocycles. The fraction of sp³-hybridized carbons (Fsp3) is 0.250. The maximum atomic E-state index is 14.0. The van der Waals surface area contributed by atoms with E-state index in [2.05, 4.69) is 54.7 Å². The quantitative estimate of drug-likeness (QED) is 0.437. The summed E-state index contributed by atoms with van der Waals surface area (Å²) in [5, 5.41) is 0. The summed E-state index contributed by atoms with van der Waals surface area (Å²) in [6, 6.07) is 10.9. The van der Waals surface area contributed by atoms with E-state index in [-0.39, 0.29) is 10.6 Å². The Morgan fingerprint density at radius 3 is 2.52 bits per heavy atom. The van der Waals surface area contributed by atoms with E-state index in [0.29, 0.717) is 12.2 Å². The molecule has 21 heavy (non-hydrogen) atoms. The topological polar surface area (TPSA) is 9.23 Å². The van der Waals surface area contributed by atoms with Crippen molar-refractivity contribution in [2.75, 3.05) is 6.61 Å². The van der Waals surface area contributed by atoms with Gasteiger partial charge in [-0.15, -0.1) is 0 Å². The molecule has 0 aliphatic heterocycles. The van der Waals surface area contributed by atoms with Gasteiger partial charge in [0.15, 0.2) is 0 Å².